The molecule has 3 rings (SSSR count). The predicted octanol–water partition coefficient (Wildman–Crippen LogP) is 1.71. The second-order valence-corrected chi connectivity index (χ2v) is 5.41. The highest BCUT2D eigenvalue weighted by Crippen LogP contribution is 2.29. The van der Waals surface area contributed by atoms with E-state index in [0.29, 0.717) is 18.7 Å². The van der Waals surface area contributed by atoms with Gasteiger partial charge in [-0.2, -0.15) is 5.10 Å². The maximum absolute atomic E-state index is 10.6. The molecule has 0 radical (unpaired) electrons. The number of aromatic nitrogens is 2. The van der Waals surface area contributed by atoms with Crippen LogP contribution in [-0.2, 0) is 16.6 Å². The summed E-state index contributed by atoms with van der Waals surface area (Å²) in [5.74, 6) is 0.746. The molecule has 1 aromatic carbocycles. The van der Waals surface area contributed by atoms with Gasteiger partial charge in [-0.05, 0) is 6.07 Å². The highest BCUT2D eigenvalue weighted by molar-refractivity contribution is 5.88. The molecular weight excluding hydrogens is 312 g/mol. The summed E-state index contributed by atoms with van der Waals surface area (Å²) in [7, 11) is 1.87. The Morgan fingerprint density at radius 3 is 3.04 bits per heavy atom. The van der Waals surface area contributed by atoms with Crippen LogP contribution in [0.15, 0.2) is 41.8 Å². The molecule has 1 atom stereocenters. The molecule has 2 aromatic rings. The van der Waals surface area contributed by atoms with E-state index in [1.807, 2.05) is 37.5 Å². The Morgan fingerprint density at radius 2 is 2.29 bits per heavy atom. The number of benzene rings is 1. The van der Waals surface area contributed by atoms with Crippen LogP contribution in [0.5, 0.6) is 5.75 Å². The minimum atomic E-state index is -0.831. The second-order valence-electron chi connectivity index (χ2n) is 5.41. The number of carbonyl (C=O) groups excluding carboxylic acids is 1. The number of aryl methyl sites for hydroxylation is 1. The van der Waals surface area contributed by atoms with Gasteiger partial charge in [0, 0.05) is 30.8 Å². The van der Waals surface area contributed by atoms with E-state index in [4.69, 9.17) is 20.0 Å². The van der Waals surface area contributed by atoms with E-state index in [-0.39, 0.29) is 12.7 Å². The normalized spacial score (nSPS) is 16.4. The Kier molecular flexibility index (Phi) is 4.64. The van der Waals surface area contributed by atoms with Gasteiger partial charge < -0.3 is 20.0 Å². The average molecular weight is 330 g/mol. The number of oxime groups is 1. The molecule has 0 spiro atoms. The molecule has 1 aliphatic heterocycles. The smallest absolute Gasteiger partial charge is 0.404 e. The first kappa shape index (κ1) is 15.9. The van der Waals surface area contributed by atoms with Crippen LogP contribution in [-0.4, -0.2) is 40.9 Å². The molecule has 8 nitrogen and oxygen atoms in total. The molecule has 0 saturated heterocycles. The second kappa shape index (κ2) is 7.03. The van der Waals surface area contributed by atoms with Gasteiger partial charge in [0.15, 0.2) is 6.10 Å². The van der Waals surface area contributed by atoms with Crippen molar-refractivity contribution in [1.82, 2.24) is 9.78 Å². The third-order valence-electron chi connectivity index (χ3n) is 3.50. The zero-order valence-electron chi connectivity index (χ0n) is 13.2. The summed E-state index contributed by atoms with van der Waals surface area (Å²) in [6.07, 6.45) is 3.19. The minimum absolute atomic E-state index is 0.0398. The summed E-state index contributed by atoms with van der Waals surface area (Å²) < 4.78 is 12.3. The molecule has 0 aliphatic carbocycles. The summed E-state index contributed by atoms with van der Waals surface area (Å²) in [5, 5.41) is 8.06. The van der Waals surface area contributed by atoms with Gasteiger partial charge in [0.2, 0.25) is 0 Å². The number of hydrogen-bond acceptors (Lipinski definition) is 6. The standard InChI is InChI=1S/C16H18N4O4/c1-20-8-11(7-18-20)14-4-2-3-5-15(14)22-10-13-6-12(19-24-13)9-23-16(17)21/h2-5,7-8,13H,6,9-10H2,1H3,(H2,17,21). The molecule has 2 heterocycles. The minimum Gasteiger partial charge on any atom is -0.489 e. The molecule has 24 heavy (non-hydrogen) atoms. The van der Waals surface area contributed by atoms with Crippen molar-refractivity contribution >= 4 is 11.8 Å². The molecule has 126 valence electrons. The Morgan fingerprint density at radius 1 is 1.46 bits per heavy atom. The van der Waals surface area contributed by atoms with E-state index >= 15 is 0 Å². The number of ether oxygens (including phenoxy) is 2. The first-order chi connectivity index (χ1) is 11.6. The van der Waals surface area contributed by atoms with Crippen LogP contribution in [0.3, 0.4) is 0 Å². The number of nitrogens with zero attached hydrogens (tertiary/aromatic N) is 3. The van der Waals surface area contributed by atoms with E-state index in [9.17, 15) is 4.79 Å². The fourth-order valence-electron chi connectivity index (χ4n) is 2.39. The molecular formula is C16H18N4O4. The van der Waals surface area contributed by atoms with E-state index in [1.54, 1.807) is 10.9 Å². The van der Waals surface area contributed by atoms with Gasteiger partial charge in [0.25, 0.3) is 0 Å². The van der Waals surface area contributed by atoms with E-state index in [1.165, 1.54) is 0 Å². The van der Waals surface area contributed by atoms with Crippen molar-refractivity contribution in [2.45, 2.75) is 12.5 Å². The topological polar surface area (TPSA) is 101 Å². The Labute approximate surface area is 138 Å². The molecule has 0 saturated carbocycles. The van der Waals surface area contributed by atoms with Gasteiger partial charge in [-0.1, -0.05) is 23.4 Å². The van der Waals surface area contributed by atoms with Gasteiger partial charge in [-0.3, -0.25) is 4.68 Å². The monoisotopic (exact) mass is 330 g/mol. The third kappa shape index (κ3) is 3.83. The first-order valence-corrected chi connectivity index (χ1v) is 7.46. The lowest BCUT2D eigenvalue weighted by Gasteiger charge is -2.13. The lowest BCUT2D eigenvalue weighted by molar-refractivity contribution is 0.0472. The maximum Gasteiger partial charge on any atom is 0.404 e. The zero-order valence-corrected chi connectivity index (χ0v) is 13.2. The van der Waals surface area contributed by atoms with Crippen molar-refractivity contribution in [3.63, 3.8) is 0 Å². The molecule has 0 bridgehead atoms. The number of nitrogens with two attached hydrogens (primary N) is 1. The number of para-hydroxylation sites is 1. The quantitative estimate of drug-likeness (QED) is 0.869. The molecule has 1 aliphatic rings. The lowest BCUT2D eigenvalue weighted by Crippen LogP contribution is -2.21. The van der Waals surface area contributed by atoms with Gasteiger partial charge in [0.1, 0.15) is 19.0 Å². The van der Waals surface area contributed by atoms with Crippen molar-refractivity contribution in [2.24, 2.45) is 17.9 Å². The van der Waals surface area contributed by atoms with Gasteiger partial charge in [-0.15, -0.1) is 0 Å². The SMILES string of the molecule is Cn1cc(-c2ccccc2OCC2CC(COC(N)=O)=NO2)cn1. The lowest BCUT2D eigenvalue weighted by atomic mass is 10.1. The van der Waals surface area contributed by atoms with Crippen LogP contribution in [0, 0.1) is 0 Å². The van der Waals surface area contributed by atoms with Crippen LogP contribution >= 0.6 is 0 Å². The van der Waals surface area contributed by atoms with E-state index in [2.05, 4.69) is 10.3 Å². The Hall–Kier alpha value is -3.03. The Bertz CT molecular complexity index is 756. The fraction of sp³-hybridized carbons (Fsp3) is 0.312. The third-order valence-corrected chi connectivity index (χ3v) is 3.50. The summed E-state index contributed by atoms with van der Waals surface area (Å²) in [4.78, 5) is 15.9. The largest absolute Gasteiger partial charge is 0.489 e. The average Bonchev–Trinajstić information content (AvgIpc) is 3.20. The maximum atomic E-state index is 10.6. The first-order valence-electron chi connectivity index (χ1n) is 7.46. The number of rotatable bonds is 6. The van der Waals surface area contributed by atoms with Crippen LogP contribution in [0.4, 0.5) is 4.79 Å². The van der Waals surface area contributed by atoms with Crippen molar-refractivity contribution in [1.29, 1.82) is 0 Å². The number of amides is 1. The molecule has 1 amide bonds. The summed E-state index contributed by atoms with van der Waals surface area (Å²) in [6, 6.07) is 7.73. The molecule has 1 unspecified atom stereocenters. The van der Waals surface area contributed by atoms with Gasteiger partial charge in [-0.25, -0.2) is 4.79 Å². The molecule has 2 N–H and O–H groups in total. The van der Waals surface area contributed by atoms with Crippen molar-refractivity contribution < 1.29 is 19.1 Å². The summed E-state index contributed by atoms with van der Waals surface area (Å²) >= 11 is 0. The molecule has 1 aromatic heterocycles. The number of primary amides is 1. The predicted molar refractivity (Wildman–Crippen MR) is 86.6 cm³/mol. The van der Waals surface area contributed by atoms with Crippen LogP contribution in [0.25, 0.3) is 11.1 Å². The van der Waals surface area contributed by atoms with E-state index in [0.717, 1.165) is 16.9 Å². The Balaban J connectivity index is 1.58. The van der Waals surface area contributed by atoms with E-state index < -0.39 is 6.09 Å². The van der Waals surface area contributed by atoms with Crippen molar-refractivity contribution in [3.05, 3.63) is 36.7 Å². The summed E-state index contributed by atoms with van der Waals surface area (Å²) in [6.45, 7) is 0.374. The summed E-state index contributed by atoms with van der Waals surface area (Å²) in [5.41, 5.74) is 7.49. The van der Waals surface area contributed by atoms with Crippen molar-refractivity contribution in [3.8, 4) is 16.9 Å². The zero-order chi connectivity index (χ0) is 16.9. The van der Waals surface area contributed by atoms with Gasteiger partial charge in [0.05, 0.1) is 11.9 Å². The van der Waals surface area contributed by atoms with Gasteiger partial charge >= 0.3 is 6.09 Å². The fourth-order valence-corrected chi connectivity index (χ4v) is 2.39. The number of carbonyl (C=O) groups is 1. The highest BCUT2D eigenvalue weighted by atomic mass is 16.7. The van der Waals surface area contributed by atoms with Crippen molar-refractivity contribution in [2.75, 3.05) is 13.2 Å². The highest BCUT2D eigenvalue weighted by Gasteiger charge is 2.23. The molecule has 0 fully saturated rings. The van der Waals surface area contributed by atoms with Crippen LogP contribution in [0.2, 0.25) is 0 Å². The van der Waals surface area contributed by atoms with Crippen LogP contribution in [0.1, 0.15) is 6.42 Å². The number of hydrogen-bond donors (Lipinski definition) is 1. The van der Waals surface area contributed by atoms with Crippen LogP contribution < -0.4 is 10.5 Å². The molecule has 8 heteroatoms.